The Balaban J connectivity index is 1.01. The molecule has 1 aliphatic heterocycles. The second-order valence-electron chi connectivity index (χ2n) is 13.9. The van der Waals surface area contributed by atoms with Crippen LogP contribution < -0.4 is 20.7 Å². The lowest BCUT2D eigenvalue weighted by Gasteiger charge is -2.41. The van der Waals surface area contributed by atoms with Gasteiger partial charge in [-0.2, -0.15) is 0 Å². The summed E-state index contributed by atoms with van der Waals surface area (Å²) in [4.78, 5) is 25.5. The van der Waals surface area contributed by atoms with Crippen LogP contribution in [0.25, 0.3) is 11.1 Å². The molecule has 57 heavy (non-hydrogen) atoms. The molecule has 3 amide bonds. The molecule has 290 valence electrons. The second-order valence-corrected chi connectivity index (χ2v) is 15.0. The fourth-order valence-corrected chi connectivity index (χ4v) is 7.75. The Morgan fingerprint density at radius 2 is 1.33 bits per heavy atom. The number of carbonyl (C=O) groups excluding carboxylic acids is 2. The van der Waals surface area contributed by atoms with E-state index < -0.39 is 6.29 Å². The first kappa shape index (κ1) is 39.3. The Hall–Kier alpha value is -5.91. The summed E-state index contributed by atoms with van der Waals surface area (Å²) >= 11 is 1.70. The maximum Gasteiger partial charge on any atom is 0.319 e. The Morgan fingerprint density at radius 3 is 2.04 bits per heavy atom. The van der Waals surface area contributed by atoms with E-state index in [4.69, 9.17) is 14.2 Å². The summed E-state index contributed by atoms with van der Waals surface area (Å²) in [6.45, 7) is 3.96. The number of aliphatic hydroxyl groups is 1. The topological polar surface area (TPSA) is 118 Å². The highest BCUT2D eigenvalue weighted by Crippen LogP contribution is 2.43. The predicted molar refractivity (Wildman–Crippen MR) is 225 cm³/mol. The third-order valence-electron chi connectivity index (χ3n) is 9.75. The van der Waals surface area contributed by atoms with Gasteiger partial charge in [-0.1, -0.05) is 97.9 Å². The first-order valence-corrected chi connectivity index (χ1v) is 19.9. The van der Waals surface area contributed by atoms with Gasteiger partial charge in [0.15, 0.2) is 6.29 Å². The molecule has 10 heteroatoms. The molecule has 4 unspecified atom stereocenters. The van der Waals surface area contributed by atoms with Gasteiger partial charge in [-0.05, 0) is 88.5 Å². The zero-order valence-corrected chi connectivity index (χ0v) is 32.6. The highest BCUT2D eigenvalue weighted by atomic mass is 32.2. The molecule has 1 saturated heterocycles. The smallest absolute Gasteiger partial charge is 0.319 e. The van der Waals surface area contributed by atoms with Crippen molar-refractivity contribution in [1.82, 2.24) is 5.32 Å². The van der Waals surface area contributed by atoms with Crippen molar-refractivity contribution in [2.75, 3.05) is 16.4 Å². The Morgan fingerprint density at radius 1 is 0.702 bits per heavy atom. The van der Waals surface area contributed by atoms with Gasteiger partial charge in [-0.15, -0.1) is 11.8 Å². The lowest BCUT2D eigenvalue weighted by atomic mass is 9.91. The minimum absolute atomic E-state index is 0.0215. The van der Waals surface area contributed by atoms with E-state index in [0.29, 0.717) is 23.7 Å². The largest absolute Gasteiger partial charge is 0.457 e. The number of urea groups is 1. The number of hydrogen-bond donors (Lipinski definition) is 4. The highest BCUT2D eigenvalue weighted by molar-refractivity contribution is 7.99. The molecule has 0 aromatic heterocycles. The van der Waals surface area contributed by atoms with Crippen molar-refractivity contribution < 1.29 is 28.9 Å². The number of rotatable bonds is 13. The Bertz CT molecular complexity index is 2230. The maximum absolute atomic E-state index is 12.9. The van der Waals surface area contributed by atoms with Crippen molar-refractivity contribution in [1.29, 1.82) is 0 Å². The molecule has 1 heterocycles. The van der Waals surface area contributed by atoms with Gasteiger partial charge in [0.2, 0.25) is 5.91 Å². The van der Waals surface area contributed by atoms with E-state index in [1.54, 1.807) is 23.9 Å². The van der Waals surface area contributed by atoms with Crippen molar-refractivity contribution in [2.45, 2.75) is 50.4 Å². The highest BCUT2D eigenvalue weighted by Gasteiger charge is 2.38. The summed E-state index contributed by atoms with van der Waals surface area (Å²) in [5.74, 6) is 2.06. The molecule has 0 spiro atoms. The quantitative estimate of drug-likeness (QED) is 0.0862. The second kappa shape index (κ2) is 18.8. The van der Waals surface area contributed by atoms with Crippen molar-refractivity contribution in [3.05, 3.63) is 174 Å². The van der Waals surface area contributed by atoms with Crippen LogP contribution in [-0.4, -0.2) is 28.9 Å². The summed E-state index contributed by atoms with van der Waals surface area (Å²) < 4.78 is 19.3. The van der Waals surface area contributed by atoms with Gasteiger partial charge in [0.25, 0.3) is 0 Å². The van der Waals surface area contributed by atoms with Crippen LogP contribution in [0.2, 0.25) is 0 Å². The monoisotopic (exact) mass is 779 g/mol. The number of anilines is 2. The molecule has 7 rings (SSSR count). The molecule has 1 aliphatic rings. The van der Waals surface area contributed by atoms with E-state index in [2.05, 4.69) is 35.0 Å². The standard InChI is InChI=1S/C47H45N3O6S/c1-31-44(30-57-42-26-22-38(23-27-42)49-32(2)52)55-46(56-45(31)35-14-12-33(29-51)13-15-35)36-18-16-34(17-19-36)43-11-7-6-8-37(43)28-48-47(53)50-39-20-24-41(25-21-39)54-40-9-4-3-5-10-40/h3-27,31,44-46,51H,28-30H2,1-2H3,(H,49,52)(H2,48,50,53). The van der Waals surface area contributed by atoms with Gasteiger partial charge in [-0.3, -0.25) is 4.79 Å². The minimum Gasteiger partial charge on any atom is -0.457 e. The van der Waals surface area contributed by atoms with Gasteiger partial charge in [-0.25, -0.2) is 4.79 Å². The van der Waals surface area contributed by atoms with Crippen LogP contribution in [0, 0.1) is 5.92 Å². The van der Waals surface area contributed by atoms with Crippen LogP contribution in [0.5, 0.6) is 11.5 Å². The Labute approximate surface area is 337 Å². The lowest BCUT2D eigenvalue weighted by molar-refractivity contribution is -0.268. The molecule has 0 saturated carbocycles. The van der Waals surface area contributed by atoms with Gasteiger partial charge < -0.3 is 35.3 Å². The number of nitrogens with one attached hydrogen (secondary N) is 3. The third kappa shape index (κ3) is 10.5. The number of hydrogen-bond acceptors (Lipinski definition) is 7. The van der Waals surface area contributed by atoms with Gasteiger partial charge >= 0.3 is 6.03 Å². The number of amides is 3. The van der Waals surface area contributed by atoms with Crippen LogP contribution in [0.15, 0.2) is 157 Å². The number of para-hydroxylation sites is 1. The molecular formula is C47H45N3O6S. The van der Waals surface area contributed by atoms with Crippen LogP contribution in [-0.2, 0) is 27.4 Å². The van der Waals surface area contributed by atoms with Crippen LogP contribution in [0.3, 0.4) is 0 Å². The SMILES string of the molecule is CC(=O)Nc1ccc(SCC2OC(c3ccc(-c4ccccc4CNC(=O)Nc4ccc(Oc5ccccc5)cc4)cc3)OC(c3ccc(CO)cc3)C2C)cc1. The molecule has 1 fully saturated rings. The fourth-order valence-electron chi connectivity index (χ4n) is 6.68. The molecule has 4 atom stereocenters. The normalized spacial score (nSPS) is 17.7. The first-order valence-electron chi connectivity index (χ1n) is 18.9. The van der Waals surface area contributed by atoms with Crippen molar-refractivity contribution in [3.8, 4) is 22.6 Å². The van der Waals surface area contributed by atoms with Gasteiger partial charge in [0.05, 0.1) is 18.8 Å². The predicted octanol–water partition coefficient (Wildman–Crippen LogP) is 10.5. The average Bonchev–Trinajstić information content (AvgIpc) is 3.24. The summed E-state index contributed by atoms with van der Waals surface area (Å²) in [5.41, 5.74) is 7.16. The Kier molecular flexibility index (Phi) is 13.0. The summed E-state index contributed by atoms with van der Waals surface area (Å²) in [6.07, 6.45) is -0.975. The van der Waals surface area contributed by atoms with E-state index >= 15 is 0 Å². The summed E-state index contributed by atoms with van der Waals surface area (Å²) in [7, 11) is 0. The fraction of sp³-hybridized carbons (Fsp3) is 0.191. The average molecular weight is 780 g/mol. The molecule has 9 nitrogen and oxygen atoms in total. The third-order valence-corrected chi connectivity index (χ3v) is 10.9. The molecule has 0 radical (unpaired) electrons. The van der Waals surface area contributed by atoms with E-state index in [0.717, 1.165) is 49.7 Å². The molecule has 0 aliphatic carbocycles. The van der Waals surface area contributed by atoms with E-state index in [1.807, 2.05) is 127 Å². The van der Waals surface area contributed by atoms with E-state index in [9.17, 15) is 14.7 Å². The van der Waals surface area contributed by atoms with Crippen molar-refractivity contribution >= 4 is 35.1 Å². The summed E-state index contributed by atoms with van der Waals surface area (Å²) in [6, 6.07) is 48.4. The lowest BCUT2D eigenvalue weighted by Crippen LogP contribution is -2.38. The van der Waals surface area contributed by atoms with Crippen LogP contribution >= 0.6 is 11.8 Å². The maximum atomic E-state index is 12.9. The zero-order valence-electron chi connectivity index (χ0n) is 31.8. The number of benzene rings is 6. The van der Waals surface area contributed by atoms with Crippen molar-refractivity contribution in [3.63, 3.8) is 0 Å². The minimum atomic E-state index is -0.606. The number of aliphatic hydroxyl groups excluding tert-OH is 1. The van der Waals surface area contributed by atoms with E-state index in [1.165, 1.54) is 6.92 Å². The number of carbonyl (C=O) groups is 2. The zero-order chi connectivity index (χ0) is 39.6. The van der Waals surface area contributed by atoms with Gasteiger partial charge in [0, 0.05) is 47.0 Å². The first-order chi connectivity index (χ1) is 27.8. The molecular weight excluding hydrogens is 735 g/mol. The summed E-state index contributed by atoms with van der Waals surface area (Å²) in [5, 5.41) is 18.3. The van der Waals surface area contributed by atoms with Crippen LogP contribution in [0.4, 0.5) is 16.2 Å². The van der Waals surface area contributed by atoms with Crippen molar-refractivity contribution in [2.24, 2.45) is 5.92 Å². The van der Waals surface area contributed by atoms with Gasteiger partial charge in [0.1, 0.15) is 11.5 Å². The van der Waals surface area contributed by atoms with E-state index in [-0.39, 0.29) is 36.7 Å². The molecule has 6 aromatic rings. The molecule has 6 aromatic carbocycles. The number of thioether (sulfide) groups is 1. The van der Waals surface area contributed by atoms with Crippen LogP contribution in [0.1, 0.15) is 48.5 Å². The molecule has 4 N–H and O–H groups in total. The number of ether oxygens (including phenoxy) is 3. The molecule has 0 bridgehead atoms.